The third kappa shape index (κ3) is 5.70. The van der Waals surface area contributed by atoms with Crippen LogP contribution in [0, 0.1) is 24.0 Å². The summed E-state index contributed by atoms with van der Waals surface area (Å²) in [5, 5.41) is 13.6. The van der Waals surface area contributed by atoms with E-state index in [0.717, 1.165) is 23.2 Å². The number of carbonyl (C=O) groups excluding carboxylic acids is 2. The standard InChI is InChI=1S/C23H26N4O5S/c1-5-10-26-22(29)20(33-23(26)24-16-7-6-14(2)15(3)11-16)13-21(28)25-18-9-8-17(27(30)31)12-19(18)32-4/h6-9,11-12,20H,5,10,13H2,1-4H3,(H,25,28). The van der Waals surface area contributed by atoms with Crippen LogP contribution in [0.1, 0.15) is 30.9 Å². The molecule has 0 bridgehead atoms. The van der Waals surface area contributed by atoms with Crippen molar-refractivity contribution >= 4 is 45.8 Å². The van der Waals surface area contributed by atoms with E-state index in [4.69, 9.17) is 4.74 Å². The minimum absolute atomic E-state index is 0.0597. The van der Waals surface area contributed by atoms with Crippen LogP contribution in [0.5, 0.6) is 5.75 Å². The number of nitro groups is 1. The second-order valence-corrected chi connectivity index (χ2v) is 8.82. The molecule has 0 radical (unpaired) electrons. The topological polar surface area (TPSA) is 114 Å². The molecular weight excluding hydrogens is 444 g/mol. The van der Waals surface area contributed by atoms with E-state index in [1.54, 1.807) is 4.90 Å². The lowest BCUT2D eigenvalue weighted by atomic mass is 10.1. The third-order valence-corrected chi connectivity index (χ3v) is 6.40. The molecule has 174 valence electrons. The number of hydrogen-bond acceptors (Lipinski definition) is 7. The van der Waals surface area contributed by atoms with Gasteiger partial charge in [-0.25, -0.2) is 4.99 Å². The van der Waals surface area contributed by atoms with Crippen LogP contribution in [0.25, 0.3) is 0 Å². The summed E-state index contributed by atoms with van der Waals surface area (Å²) in [5.41, 5.74) is 3.19. The number of benzene rings is 2. The van der Waals surface area contributed by atoms with E-state index in [1.807, 2.05) is 39.0 Å². The average molecular weight is 471 g/mol. The number of nitrogens with zero attached hydrogens (tertiary/aromatic N) is 3. The monoisotopic (exact) mass is 470 g/mol. The highest BCUT2D eigenvalue weighted by molar-refractivity contribution is 8.15. The lowest BCUT2D eigenvalue weighted by Gasteiger charge is -2.15. The van der Waals surface area contributed by atoms with Crippen LogP contribution in [0.4, 0.5) is 17.1 Å². The van der Waals surface area contributed by atoms with Gasteiger partial charge in [-0.3, -0.25) is 24.6 Å². The Morgan fingerprint density at radius 3 is 2.64 bits per heavy atom. The summed E-state index contributed by atoms with van der Waals surface area (Å²) in [6.45, 7) is 6.53. The fourth-order valence-corrected chi connectivity index (χ4v) is 4.51. The summed E-state index contributed by atoms with van der Waals surface area (Å²) < 4.78 is 5.16. The zero-order valence-electron chi connectivity index (χ0n) is 19.0. The summed E-state index contributed by atoms with van der Waals surface area (Å²) in [5.74, 6) is -0.375. The average Bonchev–Trinajstić information content (AvgIpc) is 3.05. The first-order chi connectivity index (χ1) is 15.7. The predicted octanol–water partition coefficient (Wildman–Crippen LogP) is 4.59. The number of nitro benzene ring substituents is 1. The third-order valence-electron chi connectivity index (χ3n) is 5.22. The van der Waals surface area contributed by atoms with Gasteiger partial charge in [0.15, 0.2) is 5.17 Å². The number of aliphatic imine (C=N–C) groups is 1. The summed E-state index contributed by atoms with van der Waals surface area (Å²) in [7, 11) is 1.36. The molecule has 0 saturated carbocycles. The van der Waals surface area contributed by atoms with Crippen molar-refractivity contribution in [1.82, 2.24) is 4.90 Å². The Labute approximate surface area is 196 Å². The number of ether oxygens (including phenoxy) is 1. The summed E-state index contributed by atoms with van der Waals surface area (Å²) >= 11 is 1.27. The molecule has 1 fully saturated rings. The van der Waals surface area contributed by atoms with Gasteiger partial charge in [0, 0.05) is 19.0 Å². The number of methoxy groups -OCH3 is 1. The SMILES string of the molecule is CCCN1C(=O)C(CC(=O)Nc2ccc([N+](=O)[O-])cc2OC)SC1=Nc1ccc(C)c(C)c1. The molecule has 1 aliphatic rings. The van der Waals surface area contributed by atoms with Gasteiger partial charge >= 0.3 is 0 Å². The van der Waals surface area contributed by atoms with Crippen molar-refractivity contribution in [2.75, 3.05) is 19.0 Å². The van der Waals surface area contributed by atoms with E-state index in [9.17, 15) is 19.7 Å². The van der Waals surface area contributed by atoms with Crippen molar-refractivity contribution < 1.29 is 19.2 Å². The van der Waals surface area contributed by atoms with Crippen LogP contribution < -0.4 is 10.1 Å². The number of anilines is 1. The van der Waals surface area contributed by atoms with Gasteiger partial charge in [0.05, 0.1) is 29.5 Å². The number of rotatable bonds is 8. The number of aryl methyl sites for hydroxylation is 2. The van der Waals surface area contributed by atoms with Gasteiger partial charge in [0.1, 0.15) is 11.0 Å². The molecule has 1 unspecified atom stereocenters. The minimum Gasteiger partial charge on any atom is -0.494 e. The van der Waals surface area contributed by atoms with Gasteiger partial charge in [-0.15, -0.1) is 0 Å². The lowest BCUT2D eigenvalue weighted by molar-refractivity contribution is -0.384. The van der Waals surface area contributed by atoms with Gasteiger partial charge in [0.25, 0.3) is 5.69 Å². The number of thioether (sulfide) groups is 1. The van der Waals surface area contributed by atoms with Crippen LogP contribution in [0.2, 0.25) is 0 Å². The number of carbonyl (C=O) groups is 2. The Hall–Kier alpha value is -3.40. The van der Waals surface area contributed by atoms with Crippen LogP contribution in [0.3, 0.4) is 0 Å². The molecule has 2 amide bonds. The fraction of sp³-hybridized carbons (Fsp3) is 0.348. The van der Waals surface area contributed by atoms with Crippen molar-refractivity contribution in [3.63, 3.8) is 0 Å². The molecule has 2 aromatic rings. The first kappa shape index (κ1) is 24.2. The van der Waals surface area contributed by atoms with Crippen molar-refractivity contribution in [3.05, 3.63) is 57.6 Å². The highest BCUT2D eigenvalue weighted by Gasteiger charge is 2.38. The van der Waals surface area contributed by atoms with Gasteiger partial charge < -0.3 is 10.1 Å². The Kier molecular flexibility index (Phi) is 7.70. The van der Waals surface area contributed by atoms with E-state index < -0.39 is 16.1 Å². The largest absolute Gasteiger partial charge is 0.494 e. The molecular formula is C23H26N4O5S. The number of hydrogen-bond donors (Lipinski definition) is 1. The van der Waals surface area contributed by atoms with E-state index >= 15 is 0 Å². The molecule has 2 aromatic carbocycles. The Balaban J connectivity index is 1.76. The molecule has 10 heteroatoms. The maximum absolute atomic E-state index is 13.0. The summed E-state index contributed by atoms with van der Waals surface area (Å²) in [6.07, 6.45) is 0.701. The van der Waals surface area contributed by atoms with Gasteiger partial charge in [-0.2, -0.15) is 0 Å². The van der Waals surface area contributed by atoms with Crippen molar-refractivity contribution in [2.45, 2.75) is 38.9 Å². The quantitative estimate of drug-likeness (QED) is 0.446. The van der Waals surface area contributed by atoms with Crippen LogP contribution in [-0.2, 0) is 9.59 Å². The summed E-state index contributed by atoms with van der Waals surface area (Å²) in [6, 6.07) is 9.80. The Morgan fingerprint density at radius 2 is 2.00 bits per heavy atom. The molecule has 1 heterocycles. The van der Waals surface area contributed by atoms with Crippen molar-refractivity contribution in [2.24, 2.45) is 4.99 Å². The van der Waals surface area contributed by atoms with Crippen LogP contribution in [-0.4, -0.2) is 45.7 Å². The molecule has 1 saturated heterocycles. The van der Waals surface area contributed by atoms with Crippen molar-refractivity contribution in [1.29, 1.82) is 0 Å². The maximum Gasteiger partial charge on any atom is 0.273 e. The van der Waals surface area contributed by atoms with Crippen LogP contribution >= 0.6 is 11.8 Å². The molecule has 0 aliphatic carbocycles. The number of amidine groups is 1. The van der Waals surface area contributed by atoms with Crippen LogP contribution in [0.15, 0.2) is 41.4 Å². The molecule has 1 N–H and O–H groups in total. The zero-order valence-corrected chi connectivity index (χ0v) is 19.8. The molecule has 0 aromatic heterocycles. The van der Waals surface area contributed by atoms with Crippen molar-refractivity contribution in [3.8, 4) is 5.75 Å². The highest BCUT2D eigenvalue weighted by atomic mass is 32.2. The molecule has 3 rings (SSSR count). The Morgan fingerprint density at radius 1 is 1.24 bits per heavy atom. The molecule has 9 nitrogen and oxygen atoms in total. The normalized spacial score (nSPS) is 16.8. The van der Waals surface area contributed by atoms with E-state index in [0.29, 0.717) is 17.4 Å². The fourth-order valence-electron chi connectivity index (χ4n) is 3.33. The smallest absolute Gasteiger partial charge is 0.273 e. The second kappa shape index (κ2) is 10.5. The molecule has 0 spiro atoms. The maximum atomic E-state index is 13.0. The number of non-ortho nitro benzene ring substituents is 1. The van der Waals surface area contributed by atoms with Gasteiger partial charge in [-0.05, 0) is 49.6 Å². The lowest BCUT2D eigenvalue weighted by Crippen LogP contribution is -2.34. The first-order valence-electron chi connectivity index (χ1n) is 10.5. The summed E-state index contributed by atoms with van der Waals surface area (Å²) in [4.78, 5) is 42.4. The second-order valence-electron chi connectivity index (χ2n) is 7.65. The number of amides is 2. The van der Waals surface area contributed by atoms with E-state index in [2.05, 4.69) is 10.3 Å². The van der Waals surface area contributed by atoms with Gasteiger partial charge in [0.2, 0.25) is 11.8 Å². The molecule has 1 aliphatic heterocycles. The predicted molar refractivity (Wildman–Crippen MR) is 129 cm³/mol. The molecule has 33 heavy (non-hydrogen) atoms. The Bertz CT molecular complexity index is 1120. The van der Waals surface area contributed by atoms with E-state index in [1.165, 1.54) is 37.1 Å². The number of nitrogens with one attached hydrogen (secondary N) is 1. The first-order valence-corrected chi connectivity index (χ1v) is 11.4. The molecule has 1 atom stereocenters. The van der Waals surface area contributed by atoms with Gasteiger partial charge in [-0.1, -0.05) is 24.8 Å². The highest BCUT2D eigenvalue weighted by Crippen LogP contribution is 2.33. The minimum atomic E-state index is -0.606. The zero-order chi connectivity index (χ0) is 24.1. The van der Waals surface area contributed by atoms with E-state index in [-0.39, 0.29) is 23.8 Å².